The van der Waals surface area contributed by atoms with Gasteiger partial charge in [0.25, 0.3) is 0 Å². The predicted octanol–water partition coefficient (Wildman–Crippen LogP) is 12.2. The van der Waals surface area contributed by atoms with Crippen molar-refractivity contribution in [3.05, 3.63) is 210 Å². The zero-order chi connectivity index (χ0) is 35.6. The van der Waals surface area contributed by atoms with E-state index in [1.807, 2.05) is 30.3 Å². The van der Waals surface area contributed by atoms with Crippen LogP contribution in [-0.4, -0.2) is 15.0 Å². The van der Waals surface area contributed by atoms with Crippen LogP contribution < -0.4 is 4.74 Å². The monoisotopic (exact) mass is 689 g/mol. The summed E-state index contributed by atoms with van der Waals surface area (Å²) < 4.78 is 6.56. The van der Waals surface area contributed by atoms with Crippen LogP contribution in [0, 0.1) is 0 Å². The molecule has 1 spiro atoms. The summed E-state index contributed by atoms with van der Waals surface area (Å²) in [6.45, 7) is 0. The zero-order valence-corrected chi connectivity index (χ0v) is 29.1. The molecule has 2 aliphatic rings. The van der Waals surface area contributed by atoms with E-state index in [1.165, 1.54) is 38.6 Å². The second-order valence-electron chi connectivity index (χ2n) is 13.9. The van der Waals surface area contributed by atoms with Crippen LogP contribution in [0.2, 0.25) is 0 Å². The van der Waals surface area contributed by atoms with Crippen LogP contribution in [0.1, 0.15) is 22.3 Å². The van der Waals surface area contributed by atoms with Gasteiger partial charge in [-0.25, -0.2) is 15.0 Å². The summed E-state index contributed by atoms with van der Waals surface area (Å²) in [5.74, 6) is 3.62. The van der Waals surface area contributed by atoms with Gasteiger partial charge >= 0.3 is 0 Å². The molecular formula is C50H31N3O. The Labute approximate surface area is 313 Å². The topological polar surface area (TPSA) is 47.9 Å². The van der Waals surface area contributed by atoms with E-state index in [1.54, 1.807) is 0 Å². The van der Waals surface area contributed by atoms with Gasteiger partial charge in [-0.2, -0.15) is 0 Å². The molecule has 0 bridgehead atoms. The van der Waals surface area contributed by atoms with Crippen LogP contribution in [0.15, 0.2) is 188 Å². The number of nitrogens with zero attached hydrogens (tertiary/aromatic N) is 3. The van der Waals surface area contributed by atoms with Gasteiger partial charge in [-0.1, -0.05) is 170 Å². The standard InChI is InChI=1S/C50H31N3O/c1-2-14-34(15-3-1)47-51-48(35-27-25-33(26-28-35)38-19-12-16-32-13-4-5-17-37(32)38)53-49(52-47)36-29-30-40-39-18-6-7-20-41(39)50(44(40)31-36)42-21-8-10-23-45(42)54-46-24-11-9-22-43(46)50/h1-31H. The Bertz CT molecular complexity index is 2870. The molecule has 0 radical (unpaired) electrons. The van der Waals surface area contributed by atoms with Crippen LogP contribution in [0.4, 0.5) is 0 Å². The largest absolute Gasteiger partial charge is 0.457 e. The van der Waals surface area contributed by atoms with E-state index in [4.69, 9.17) is 19.7 Å². The molecule has 4 nitrogen and oxygen atoms in total. The van der Waals surface area contributed by atoms with Gasteiger partial charge in [0, 0.05) is 27.8 Å². The Morgan fingerprint density at radius 1 is 0.333 bits per heavy atom. The Balaban J connectivity index is 1.10. The summed E-state index contributed by atoms with van der Waals surface area (Å²) >= 11 is 0. The van der Waals surface area contributed by atoms with Gasteiger partial charge in [0.1, 0.15) is 11.5 Å². The molecule has 0 unspecified atom stereocenters. The number of para-hydroxylation sites is 2. The first-order chi connectivity index (χ1) is 26.8. The molecule has 1 aliphatic carbocycles. The average Bonchev–Trinajstić information content (AvgIpc) is 3.53. The Hall–Kier alpha value is -7.17. The van der Waals surface area contributed by atoms with Gasteiger partial charge in [-0.05, 0) is 62.4 Å². The molecule has 8 aromatic carbocycles. The number of hydrogen-bond donors (Lipinski definition) is 0. The van der Waals surface area contributed by atoms with E-state index < -0.39 is 5.41 Å². The third-order valence-corrected chi connectivity index (χ3v) is 11.0. The highest BCUT2D eigenvalue weighted by molar-refractivity contribution is 5.97. The van der Waals surface area contributed by atoms with Crippen molar-refractivity contribution in [1.29, 1.82) is 0 Å². The minimum Gasteiger partial charge on any atom is -0.457 e. The number of rotatable bonds is 4. The lowest BCUT2D eigenvalue weighted by molar-refractivity contribution is 0.436. The summed E-state index contributed by atoms with van der Waals surface area (Å²) in [6, 6.07) is 66.1. The van der Waals surface area contributed by atoms with Crippen LogP contribution in [0.5, 0.6) is 11.5 Å². The molecule has 54 heavy (non-hydrogen) atoms. The fraction of sp³-hybridized carbons (Fsp3) is 0.0200. The molecule has 0 atom stereocenters. The van der Waals surface area contributed by atoms with Crippen molar-refractivity contribution in [2.75, 3.05) is 0 Å². The maximum Gasteiger partial charge on any atom is 0.164 e. The van der Waals surface area contributed by atoms with Crippen molar-refractivity contribution in [3.63, 3.8) is 0 Å². The van der Waals surface area contributed by atoms with E-state index >= 15 is 0 Å². The van der Waals surface area contributed by atoms with Gasteiger partial charge in [0.15, 0.2) is 17.5 Å². The second kappa shape index (κ2) is 11.9. The Kier molecular flexibility index (Phi) is 6.73. The maximum absolute atomic E-state index is 6.56. The molecule has 252 valence electrons. The summed E-state index contributed by atoms with van der Waals surface area (Å²) in [5.41, 5.74) is 11.7. The number of benzene rings is 8. The fourth-order valence-corrected chi connectivity index (χ4v) is 8.62. The minimum atomic E-state index is -0.580. The molecule has 0 amide bonds. The van der Waals surface area contributed by atoms with Crippen LogP contribution in [0.3, 0.4) is 0 Å². The smallest absolute Gasteiger partial charge is 0.164 e. The minimum absolute atomic E-state index is 0.580. The lowest BCUT2D eigenvalue weighted by atomic mass is 9.66. The van der Waals surface area contributed by atoms with Crippen LogP contribution in [-0.2, 0) is 5.41 Å². The maximum atomic E-state index is 6.56. The molecule has 1 aromatic heterocycles. The van der Waals surface area contributed by atoms with Gasteiger partial charge in [0.2, 0.25) is 0 Å². The fourth-order valence-electron chi connectivity index (χ4n) is 8.62. The molecule has 11 rings (SSSR count). The van der Waals surface area contributed by atoms with Gasteiger partial charge in [-0.3, -0.25) is 0 Å². The molecule has 0 saturated carbocycles. The quantitative estimate of drug-likeness (QED) is 0.185. The summed E-state index contributed by atoms with van der Waals surface area (Å²) in [7, 11) is 0. The summed E-state index contributed by atoms with van der Waals surface area (Å²) in [4.78, 5) is 15.4. The van der Waals surface area contributed by atoms with E-state index in [0.717, 1.165) is 44.9 Å². The summed E-state index contributed by atoms with van der Waals surface area (Å²) in [5, 5.41) is 2.45. The molecule has 4 heteroatoms. The highest BCUT2D eigenvalue weighted by atomic mass is 16.5. The normalized spacial score (nSPS) is 13.1. The van der Waals surface area contributed by atoms with Crippen LogP contribution >= 0.6 is 0 Å². The van der Waals surface area contributed by atoms with Crippen molar-refractivity contribution in [3.8, 4) is 67.9 Å². The van der Waals surface area contributed by atoms with E-state index in [2.05, 4.69) is 158 Å². The molecule has 0 saturated heterocycles. The first-order valence-corrected chi connectivity index (χ1v) is 18.3. The predicted molar refractivity (Wildman–Crippen MR) is 216 cm³/mol. The van der Waals surface area contributed by atoms with Crippen molar-refractivity contribution in [1.82, 2.24) is 15.0 Å². The average molecular weight is 690 g/mol. The van der Waals surface area contributed by atoms with Crippen molar-refractivity contribution in [2.45, 2.75) is 5.41 Å². The zero-order valence-electron chi connectivity index (χ0n) is 29.1. The number of ether oxygens (including phenoxy) is 1. The molecule has 9 aromatic rings. The van der Waals surface area contributed by atoms with Gasteiger partial charge in [-0.15, -0.1) is 0 Å². The SMILES string of the molecule is c1ccc(-c2nc(-c3ccc(-c4cccc5ccccc45)cc3)nc(-c3ccc4c(c3)C3(c5ccccc5Oc5ccccc53)c3ccccc3-4)n2)cc1. The number of fused-ring (bicyclic) bond motifs is 10. The lowest BCUT2D eigenvalue weighted by Crippen LogP contribution is -2.32. The van der Waals surface area contributed by atoms with Gasteiger partial charge < -0.3 is 4.74 Å². The number of hydrogen-bond acceptors (Lipinski definition) is 4. The molecule has 2 heterocycles. The molecule has 0 fully saturated rings. The van der Waals surface area contributed by atoms with Crippen molar-refractivity contribution >= 4 is 10.8 Å². The first-order valence-electron chi connectivity index (χ1n) is 18.3. The molecular weight excluding hydrogens is 659 g/mol. The number of aromatic nitrogens is 3. The third kappa shape index (κ3) is 4.53. The summed E-state index contributed by atoms with van der Waals surface area (Å²) in [6.07, 6.45) is 0. The van der Waals surface area contributed by atoms with E-state index in [9.17, 15) is 0 Å². The van der Waals surface area contributed by atoms with E-state index in [0.29, 0.717) is 17.5 Å². The second-order valence-corrected chi connectivity index (χ2v) is 13.9. The first kappa shape index (κ1) is 30.5. The Morgan fingerprint density at radius 2 is 0.833 bits per heavy atom. The highest BCUT2D eigenvalue weighted by Gasteiger charge is 2.51. The van der Waals surface area contributed by atoms with Crippen molar-refractivity contribution < 1.29 is 4.74 Å². The van der Waals surface area contributed by atoms with Crippen molar-refractivity contribution in [2.24, 2.45) is 0 Å². The third-order valence-electron chi connectivity index (χ3n) is 11.0. The van der Waals surface area contributed by atoms with E-state index in [-0.39, 0.29) is 0 Å². The molecule has 1 aliphatic heterocycles. The van der Waals surface area contributed by atoms with Gasteiger partial charge in [0.05, 0.1) is 5.41 Å². The Morgan fingerprint density at radius 3 is 1.57 bits per heavy atom. The van der Waals surface area contributed by atoms with Crippen LogP contribution in [0.25, 0.3) is 67.2 Å². The molecule has 0 N–H and O–H groups in total. The highest BCUT2D eigenvalue weighted by Crippen LogP contribution is 2.62. The lowest BCUT2D eigenvalue weighted by Gasteiger charge is -2.39.